The highest BCUT2D eigenvalue weighted by atomic mass is 35.5. The van der Waals surface area contributed by atoms with Crippen LogP contribution in [0.5, 0.6) is 11.5 Å². The Morgan fingerprint density at radius 2 is 1.75 bits per heavy atom. The van der Waals surface area contributed by atoms with Crippen LogP contribution in [-0.4, -0.2) is 13.0 Å². The first-order valence-electron chi connectivity index (χ1n) is 5.28. The SMILES string of the molecule is Nc1cc(Cl)c(S(=O)(=O)O)c(Cl)c1Oc1ccccc1. The quantitative estimate of drug-likeness (QED) is 0.661. The molecule has 5 nitrogen and oxygen atoms in total. The summed E-state index contributed by atoms with van der Waals surface area (Å²) in [5.74, 6) is 0.319. The molecule has 0 radical (unpaired) electrons. The van der Waals surface area contributed by atoms with Gasteiger partial charge >= 0.3 is 0 Å². The summed E-state index contributed by atoms with van der Waals surface area (Å²) in [6.07, 6.45) is 0. The molecule has 8 heteroatoms. The smallest absolute Gasteiger partial charge is 0.297 e. The zero-order valence-corrected chi connectivity index (χ0v) is 12.2. The van der Waals surface area contributed by atoms with Gasteiger partial charge in [0.15, 0.2) is 5.75 Å². The molecule has 0 unspecified atom stereocenters. The molecule has 0 aliphatic heterocycles. The van der Waals surface area contributed by atoms with Gasteiger partial charge in [-0.2, -0.15) is 8.42 Å². The van der Waals surface area contributed by atoms with E-state index in [1.54, 1.807) is 30.3 Å². The Labute approximate surface area is 125 Å². The van der Waals surface area contributed by atoms with Gasteiger partial charge in [0.1, 0.15) is 15.7 Å². The maximum Gasteiger partial charge on any atom is 0.297 e. The molecule has 0 aromatic heterocycles. The Kier molecular flexibility index (Phi) is 4.10. The number of hydrogen-bond acceptors (Lipinski definition) is 4. The van der Waals surface area contributed by atoms with Crippen molar-refractivity contribution in [3.05, 3.63) is 46.4 Å². The van der Waals surface area contributed by atoms with Crippen molar-refractivity contribution in [3.8, 4) is 11.5 Å². The molecule has 3 N–H and O–H groups in total. The lowest BCUT2D eigenvalue weighted by atomic mass is 10.3. The standard InChI is InChI=1S/C12H9Cl2NO4S/c13-8-6-9(15)11(10(14)12(8)20(16,17)18)19-7-4-2-1-3-5-7/h1-6H,15H2,(H,16,17,18). The molecule has 0 saturated carbocycles. The van der Waals surface area contributed by atoms with Crippen LogP contribution in [0.1, 0.15) is 0 Å². The average molecular weight is 334 g/mol. The third kappa shape index (κ3) is 2.99. The number of rotatable bonds is 3. The van der Waals surface area contributed by atoms with Gasteiger partial charge in [0.25, 0.3) is 10.1 Å². The molecular weight excluding hydrogens is 325 g/mol. The first kappa shape index (κ1) is 14.9. The molecule has 0 fully saturated rings. The molecule has 2 aromatic rings. The highest BCUT2D eigenvalue weighted by Crippen LogP contribution is 2.42. The van der Waals surface area contributed by atoms with E-state index < -0.39 is 15.0 Å². The van der Waals surface area contributed by atoms with Gasteiger partial charge in [0.05, 0.1) is 10.7 Å². The van der Waals surface area contributed by atoms with Crippen LogP contribution in [0.4, 0.5) is 5.69 Å². The molecule has 0 bridgehead atoms. The second-order valence-corrected chi connectivity index (χ2v) is 5.95. The van der Waals surface area contributed by atoms with E-state index in [4.69, 9.17) is 38.2 Å². The van der Waals surface area contributed by atoms with E-state index in [0.717, 1.165) is 6.07 Å². The van der Waals surface area contributed by atoms with Gasteiger partial charge < -0.3 is 10.5 Å². The summed E-state index contributed by atoms with van der Waals surface area (Å²) in [7, 11) is -4.60. The maximum atomic E-state index is 11.3. The number of nitrogen functional groups attached to an aromatic ring is 1. The van der Waals surface area contributed by atoms with Crippen molar-refractivity contribution in [1.82, 2.24) is 0 Å². The number of para-hydroxylation sites is 1. The first-order chi connectivity index (χ1) is 9.30. The summed E-state index contributed by atoms with van der Waals surface area (Å²) in [5.41, 5.74) is 5.76. The van der Waals surface area contributed by atoms with Crippen LogP contribution < -0.4 is 10.5 Å². The molecule has 0 aliphatic rings. The van der Waals surface area contributed by atoms with Crippen LogP contribution in [0.2, 0.25) is 10.0 Å². The lowest BCUT2D eigenvalue weighted by molar-refractivity contribution is 0.473. The van der Waals surface area contributed by atoms with Crippen molar-refractivity contribution in [2.75, 3.05) is 5.73 Å². The molecule has 0 amide bonds. The maximum absolute atomic E-state index is 11.3. The summed E-state index contributed by atoms with van der Waals surface area (Å²) in [6, 6.07) is 9.64. The summed E-state index contributed by atoms with van der Waals surface area (Å²) >= 11 is 11.7. The molecule has 0 saturated heterocycles. The van der Waals surface area contributed by atoms with Gasteiger partial charge in [-0.15, -0.1) is 0 Å². The largest absolute Gasteiger partial charge is 0.454 e. The summed E-state index contributed by atoms with van der Waals surface area (Å²) in [4.78, 5) is -0.638. The number of hydrogen-bond donors (Lipinski definition) is 2. The van der Waals surface area contributed by atoms with Crippen molar-refractivity contribution in [2.45, 2.75) is 4.90 Å². The topological polar surface area (TPSA) is 89.6 Å². The Bertz CT molecular complexity index is 748. The van der Waals surface area contributed by atoms with Crippen molar-refractivity contribution >= 4 is 39.0 Å². The van der Waals surface area contributed by atoms with Crippen LogP contribution in [0, 0.1) is 0 Å². The minimum absolute atomic E-state index is 0.0521. The number of benzene rings is 2. The number of nitrogens with two attached hydrogens (primary N) is 1. The van der Waals surface area contributed by atoms with Crippen LogP contribution in [-0.2, 0) is 10.1 Å². The zero-order valence-electron chi connectivity index (χ0n) is 9.88. The predicted octanol–water partition coefficient (Wildman–Crippen LogP) is 3.61. The van der Waals surface area contributed by atoms with E-state index in [1.165, 1.54) is 0 Å². The minimum Gasteiger partial charge on any atom is -0.454 e. The first-order valence-corrected chi connectivity index (χ1v) is 7.48. The van der Waals surface area contributed by atoms with Gasteiger partial charge in [-0.3, -0.25) is 4.55 Å². The molecule has 2 aromatic carbocycles. The fourth-order valence-corrected chi connectivity index (χ4v) is 3.27. The number of halogens is 2. The van der Waals surface area contributed by atoms with Crippen LogP contribution >= 0.6 is 23.2 Å². The van der Waals surface area contributed by atoms with E-state index in [1.807, 2.05) is 0 Å². The fourth-order valence-electron chi connectivity index (χ4n) is 1.55. The number of anilines is 1. The van der Waals surface area contributed by atoms with Crippen molar-refractivity contribution in [3.63, 3.8) is 0 Å². The van der Waals surface area contributed by atoms with Gasteiger partial charge in [0.2, 0.25) is 0 Å². The van der Waals surface area contributed by atoms with Gasteiger partial charge in [-0.1, -0.05) is 41.4 Å². The molecule has 0 aliphatic carbocycles. The average Bonchev–Trinajstić information content (AvgIpc) is 2.33. The Balaban J connectivity index is 2.60. The van der Waals surface area contributed by atoms with Crippen molar-refractivity contribution < 1.29 is 17.7 Å². The third-order valence-corrected chi connectivity index (χ3v) is 4.20. The minimum atomic E-state index is -4.60. The Morgan fingerprint density at radius 1 is 1.15 bits per heavy atom. The molecule has 0 spiro atoms. The van der Waals surface area contributed by atoms with Crippen LogP contribution in [0.15, 0.2) is 41.3 Å². The molecule has 0 heterocycles. The van der Waals surface area contributed by atoms with Gasteiger partial charge in [0, 0.05) is 0 Å². The zero-order chi connectivity index (χ0) is 14.9. The van der Waals surface area contributed by atoms with E-state index in [0.29, 0.717) is 5.75 Å². The fraction of sp³-hybridized carbons (Fsp3) is 0. The second-order valence-electron chi connectivity index (χ2n) is 3.81. The van der Waals surface area contributed by atoms with Gasteiger partial charge in [-0.25, -0.2) is 0 Å². The normalized spacial score (nSPS) is 11.3. The monoisotopic (exact) mass is 333 g/mol. The van der Waals surface area contributed by atoms with Crippen LogP contribution in [0.3, 0.4) is 0 Å². The summed E-state index contributed by atoms with van der Waals surface area (Å²) in [6.45, 7) is 0. The third-order valence-electron chi connectivity index (χ3n) is 2.38. The van der Waals surface area contributed by atoms with Crippen molar-refractivity contribution in [2.24, 2.45) is 0 Å². The molecule has 106 valence electrons. The summed E-state index contributed by atoms with van der Waals surface area (Å²) in [5, 5.41) is -0.656. The highest BCUT2D eigenvalue weighted by molar-refractivity contribution is 7.86. The number of ether oxygens (including phenoxy) is 1. The van der Waals surface area contributed by atoms with E-state index in [2.05, 4.69) is 0 Å². The Morgan fingerprint density at radius 3 is 2.30 bits per heavy atom. The molecule has 2 rings (SSSR count). The van der Waals surface area contributed by atoms with Gasteiger partial charge in [-0.05, 0) is 18.2 Å². The van der Waals surface area contributed by atoms with Crippen molar-refractivity contribution in [1.29, 1.82) is 0 Å². The lowest BCUT2D eigenvalue weighted by Crippen LogP contribution is -2.03. The molecular formula is C12H9Cl2NO4S. The highest BCUT2D eigenvalue weighted by Gasteiger charge is 2.25. The lowest BCUT2D eigenvalue weighted by Gasteiger charge is -2.13. The van der Waals surface area contributed by atoms with E-state index in [-0.39, 0.29) is 21.5 Å². The van der Waals surface area contributed by atoms with E-state index >= 15 is 0 Å². The predicted molar refractivity (Wildman–Crippen MR) is 77.2 cm³/mol. The summed E-state index contributed by atoms with van der Waals surface area (Å²) < 4.78 is 37.1. The molecule has 0 atom stereocenters. The van der Waals surface area contributed by atoms with E-state index in [9.17, 15) is 8.42 Å². The second kappa shape index (κ2) is 5.49. The molecule has 20 heavy (non-hydrogen) atoms. The van der Waals surface area contributed by atoms with Crippen LogP contribution in [0.25, 0.3) is 0 Å². The Hall–Kier alpha value is -1.47.